The average Bonchev–Trinajstić information content (AvgIpc) is 3.46. The first-order valence-electron chi connectivity index (χ1n) is 19.5. The summed E-state index contributed by atoms with van der Waals surface area (Å²) in [4.78, 5) is 55.9. The second-order valence-corrected chi connectivity index (χ2v) is 16.0. The molecular weight excluding hydrogens is 666 g/mol. The fourth-order valence-corrected chi connectivity index (χ4v) is 7.67. The number of hydrogen-bond donors (Lipinski definition) is 2. The molecule has 7 atom stereocenters. The summed E-state index contributed by atoms with van der Waals surface area (Å²) in [6.07, 6.45) is 16.0. The highest BCUT2D eigenvalue weighted by molar-refractivity contribution is 5.74. The largest absolute Gasteiger partial charge is 0.481 e. The van der Waals surface area contributed by atoms with Crippen LogP contribution in [-0.4, -0.2) is 119 Å². The number of likely N-dealkylation sites (tertiary alicyclic amines) is 1. The predicted molar refractivity (Wildman–Crippen MR) is 197 cm³/mol. The summed E-state index contributed by atoms with van der Waals surface area (Å²) in [6, 6.07) is 0.596. The Kier molecular flexibility index (Phi) is 15.6. The maximum Gasteiger partial charge on any atom is 0.410 e. The predicted octanol–water partition coefficient (Wildman–Crippen LogP) is 6.19. The summed E-state index contributed by atoms with van der Waals surface area (Å²) < 4.78 is 17.5. The van der Waals surface area contributed by atoms with Crippen molar-refractivity contribution in [1.29, 1.82) is 0 Å². The molecule has 0 aromatic carbocycles. The second-order valence-electron chi connectivity index (χ2n) is 16.0. The van der Waals surface area contributed by atoms with Gasteiger partial charge < -0.3 is 34.2 Å². The van der Waals surface area contributed by atoms with Gasteiger partial charge in [-0.3, -0.25) is 14.5 Å². The highest BCUT2D eigenvalue weighted by atomic mass is 16.6. The molecule has 12 nitrogen and oxygen atoms in total. The fraction of sp³-hybridized carbons (Fsp3) is 0.750. The van der Waals surface area contributed by atoms with Gasteiger partial charge in [-0.15, -0.1) is 0 Å². The lowest BCUT2D eigenvalue weighted by Gasteiger charge is -2.40. The van der Waals surface area contributed by atoms with Crippen LogP contribution in [0.2, 0.25) is 0 Å². The first-order valence-corrected chi connectivity index (χ1v) is 19.5. The number of amides is 2. The van der Waals surface area contributed by atoms with E-state index in [9.17, 15) is 29.4 Å². The molecule has 0 unspecified atom stereocenters. The molecule has 1 saturated carbocycles. The van der Waals surface area contributed by atoms with E-state index in [0.717, 1.165) is 18.7 Å². The Morgan fingerprint density at radius 2 is 1.67 bits per heavy atom. The number of aliphatic hydroxyl groups is 1. The molecule has 2 saturated heterocycles. The third kappa shape index (κ3) is 12.4. The Balaban J connectivity index is 1.38. The number of hydrogen-bond acceptors (Lipinski definition) is 9. The van der Waals surface area contributed by atoms with Gasteiger partial charge in [0.15, 0.2) is 6.10 Å². The summed E-state index contributed by atoms with van der Waals surface area (Å²) in [5, 5.41) is 20.8. The van der Waals surface area contributed by atoms with Crippen LogP contribution in [0.1, 0.15) is 98.8 Å². The summed E-state index contributed by atoms with van der Waals surface area (Å²) in [7, 11) is 0. The molecule has 0 radical (unpaired) electrons. The third-order valence-electron chi connectivity index (χ3n) is 11.3. The van der Waals surface area contributed by atoms with E-state index in [1.165, 1.54) is 43.4 Å². The van der Waals surface area contributed by atoms with Gasteiger partial charge in [-0.1, -0.05) is 70.8 Å². The molecule has 292 valence electrons. The fourth-order valence-electron chi connectivity index (χ4n) is 7.67. The lowest BCUT2D eigenvalue weighted by Crippen LogP contribution is -2.53. The van der Waals surface area contributed by atoms with E-state index in [1.807, 2.05) is 52.0 Å². The van der Waals surface area contributed by atoms with Gasteiger partial charge in [0.25, 0.3) is 0 Å². The highest BCUT2D eigenvalue weighted by Crippen LogP contribution is 2.29. The topological polar surface area (TPSA) is 146 Å². The minimum absolute atomic E-state index is 0.0462. The monoisotopic (exact) mass is 729 g/mol. The summed E-state index contributed by atoms with van der Waals surface area (Å²) in [6.45, 7) is 12.9. The minimum Gasteiger partial charge on any atom is -0.481 e. The van der Waals surface area contributed by atoms with Gasteiger partial charge in [0, 0.05) is 63.6 Å². The van der Waals surface area contributed by atoms with Gasteiger partial charge in [0.05, 0.1) is 12.5 Å². The molecule has 4 rings (SSSR count). The van der Waals surface area contributed by atoms with E-state index in [0.29, 0.717) is 44.9 Å². The van der Waals surface area contributed by atoms with Crippen LogP contribution in [-0.2, 0) is 23.8 Å². The highest BCUT2D eigenvalue weighted by Gasteiger charge is 2.37. The zero-order valence-electron chi connectivity index (χ0n) is 32.0. The number of cyclic esters (lactones) is 1. The molecule has 4 aliphatic rings. The van der Waals surface area contributed by atoms with Gasteiger partial charge in [0.1, 0.15) is 11.7 Å². The van der Waals surface area contributed by atoms with Crippen LogP contribution in [0.5, 0.6) is 0 Å². The van der Waals surface area contributed by atoms with Crippen molar-refractivity contribution in [2.24, 2.45) is 23.7 Å². The SMILES string of the molecule is C/C(=C\C=C\[C@@H](C)COC(=O)N1CC[C@@H](C(=O)O)C1)[C@H]1OC(=O)C[C@H](C)CC[C@@](C)(O)[C@@H](OC(=O)N2CCN(C3CCCCCC3)CC2)/C=C/[C@@H]1C. The number of piperazine rings is 1. The van der Waals surface area contributed by atoms with Crippen molar-refractivity contribution in [1.82, 2.24) is 14.7 Å². The van der Waals surface area contributed by atoms with Crippen LogP contribution in [0.15, 0.2) is 36.0 Å². The molecule has 12 heteroatoms. The Morgan fingerprint density at radius 1 is 0.981 bits per heavy atom. The first-order chi connectivity index (χ1) is 24.7. The number of rotatable bonds is 8. The van der Waals surface area contributed by atoms with Crippen molar-refractivity contribution in [2.75, 3.05) is 45.9 Å². The van der Waals surface area contributed by atoms with E-state index in [2.05, 4.69) is 4.90 Å². The summed E-state index contributed by atoms with van der Waals surface area (Å²) in [5.41, 5.74) is -0.528. The van der Waals surface area contributed by atoms with Crippen LogP contribution in [0.4, 0.5) is 9.59 Å². The molecule has 0 aromatic rings. The van der Waals surface area contributed by atoms with E-state index in [4.69, 9.17) is 14.2 Å². The number of esters is 1. The minimum atomic E-state index is -1.33. The number of carbonyl (C=O) groups excluding carboxylic acids is 3. The van der Waals surface area contributed by atoms with Gasteiger partial charge >= 0.3 is 24.1 Å². The van der Waals surface area contributed by atoms with Gasteiger partial charge in [-0.05, 0) is 63.5 Å². The molecule has 3 aliphatic heterocycles. The lowest BCUT2D eigenvalue weighted by molar-refractivity contribution is -0.150. The van der Waals surface area contributed by atoms with E-state index in [-0.39, 0.29) is 43.3 Å². The summed E-state index contributed by atoms with van der Waals surface area (Å²) >= 11 is 0. The zero-order chi connectivity index (χ0) is 37.8. The number of carboxylic acid groups (broad SMARTS) is 1. The number of allylic oxidation sites excluding steroid dienone is 2. The lowest BCUT2D eigenvalue weighted by atomic mass is 9.87. The number of carbonyl (C=O) groups is 4. The number of carboxylic acids is 1. The molecular formula is C40H63N3O9. The standard InChI is InChI=1S/C40H63N3O9/c1-28-17-19-40(5,49)34(51-39(48)42-23-21-41(22-24-42)33-13-8-6-7-9-14-33)16-15-31(4)36(52-35(44)25-28)30(3)12-10-11-29(2)27-50-38(47)43-20-18-32(26-43)37(45)46/h10-12,15-16,28-29,31-34,36,49H,6-9,13-14,17-27H2,1-5H3,(H,45,46)/b11-10+,16-15+,30-12+/t28-,29-,31+,32-,34+,36-,40-/m1/s1. The zero-order valence-corrected chi connectivity index (χ0v) is 32.0. The summed E-state index contributed by atoms with van der Waals surface area (Å²) in [5.74, 6) is -2.22. The Labute approximate surface area is 310 Å². The Bertz CT molecular complexity index is 1300. The second kappa shape index (κ2) is 19.6. The van der Waals surface area contributed by atoms with Gasteiger partial charge in [-0.2, -0.15) is 0 Å². The molecule has 0 bridgehead atoms. The normalized spacial score (nSPS) is 31.9. The van der Waals surface area contributed by atoms with Gasteiger partial charge in [0.2, 0.25) is 0 Å². The molecule has 2 N–H and O–H groups in total. The quantitative estimate of drug-likeness (QED) is 0.0976. The molecule has 2 amide bonds. The van der Waals surface area contributed by atoms with Crippen LogP contribution >= 0.6 is 0 Å². The van der Waals surface area contributed by atoms with Crippen LogP contribution in [0, 0.1) is 23.7 Å². The van der Waals surface area contributed by atoms with Crippen molar-refractivity contribution in [3.63, 3.8) is 0 Å². The van der Waals surface area contributed by atoms with E-state index >= 15 is 0 Å². The van der Waals surface area contributed by atoms with Crippen molar-refractivity contribution in [2.45, 2.75) is 123 Å². The Morgan fingerprint density at radius 3 is 2.33 bits per heavy atom. The number of nitrogens with zero attached hydrogens (tertiary/aromatic N) is 3. The third-order valence-corrected chi connectivity index (χ3v) is 11.3. The van der Waals surface area contributed by atoms with E-state index in [1.54, 1.807) is 17.9 Å². The van der Waals surface area contributed by atoms with Crippen LogP contribution < -0.4 is 0 Å². The first kappa shape index (κ1) is 41.4. The number of aliphatic carboxylic acids is 1. The maximum atomic E-state index is 13.5. The molecule has 3 heterocycles. The smallest absolute Gasteiger partial charge is 0.410 e. The van der Waals surface area contributed by atoms with Crippen molar-refractivity contribution < 1.29 is 43.6 Å². The van der Waals surface area contributed by atoms with Crippen molar-refractivity contribution in [3.05, 3.63) is 36.0 Å². The average molecular weight is 730 g/mol. The van der Waals surface area contributed by atoms with Crippen LogP contribution in [0.3, 0.4) is 0 Å². The molecule has 0 aromatic heterocycles. The van der Waals surface area contributed by atoms with Crippen molar-refractivity contribution in [3.8, 4) is 0 Å². The van der Waals surface area contributed by atoms with Crippen LogP contribution in [0.25, 0.3) is 0 Å². The molecule has 1 aliphatic carbocycles. The van der Waals surface area contributed by atoms with Gasteiger partial charge in [-0.25, -0.2) is 9.59 Å². The number of ether oxygens (including phenoxy) is 3. The van der Waals surface area contributed by atoms with E-state index < -0.39 is 41.9 Å². The molecule has 3 fully saturated rings. The molecule has 0 spiro atoms. The molecule has 52 heavy (non-hydrogen) atoms. The van der Waals surface area contributed by atoms with Crippen molar-refractivity contribution >= 4 is 24.1 Å². The Hall–Kier alpha value is -3.38. The maximum absolute atomic E-state index is 13.5.